The van der Waals surface area contributed by atoms with E-state index in [1.54, 1.807) is 30.3 Å². The van der Waals surface area contributed by atoms with Crippen molar-refractivity contribution in [2.24, 2.45) is 0 Å². The van der Waals surface area contributed by atoms with Crippen molar-refractivity contribution in [2.45, 2.75) is 18.8 Å². The predicted octanol–water partition coefficient (Wildman–Crippen LogP) is 4.50. The first-order chi connectivity index (χ1) is 19.5. The molecule has 11 heteroatoms. The van der Waals surface area contributed by atoms with Gasteiger partial charge in [0.05, 0.1) is 41.8 Å². The summed E-state index contributed by atoms with van der Waals surface area (Å²) in [6.07, 6.45) is -2.94. The maximum atomic E-state index is 15.1. The summed E-state index contributed by atoms with van der Waals surface area (Å²) >= 11 is 0. The molecule has 3 aliphatic rings. The number of anilines is 2. The average Bonchev–Trinajstić information content (AvgIpc) is 2.89. The lowest BCUT2D eigenvalue weighted by atomic mass is 9.99. The second-order valence-electron chi connectivity index (χ2n) is 10.7. The first-order valence-electron chi connectivity index (χ1n) is 13.4. The van der Waals surface area contributed by atoms with Crippen molar-refractivity contribution in [1.29, 1.82) is 0 Å². The third kappa shape index (κ3) is 6.47. The summed E-state index contributed by atoms with van der Waals surface area (Å²) in [5.74, 6) is -1.37. The Hall–Kier alpha value is -3.67. The highest BCUT2D eigenvalue weighted by atomic mass is 19.4. The molecule has 218 valence electrons. The van der Waals surface area contributed by atoms with Crippen molar-refractivity contribution in [3.63, 3.8) is 0 Å². The first kappa shape index (κ1) is 28.8. The molecule has 3 heterocycles. The number of alkyl halides is 3. The number of piperazine rings is 1. The molecule has 0 bridgehead atoms. The molecule has 0 spiro atoms. The largest absolute Gasteiger partial charge is 0.417 e. The summed E-state index contributed by atoms with van der Waals surface area (Å²) in [5.41, 5.74) is 1.09. The standard InChI is InChI=1S/C30H33F4N5O2/c1-19-12-25(30(32,33)34)24(15-35-19)29(40)36-27-14-21(5-7-28(27)39-10-8-37(2)9-11-39)23-13-20(4-6-26(23)31)16-38(3)22-17-41-18-22/h4-7,12-15,22,35H,1,8-11,16-18H2,2-3H3,(H,36,40). The smallest absolute Gasteiger partial charge is 0.378 e. The van der Waals surface area contributed by atoms with Crippen molar-refractivity contribution >= 4 is 17.3 Å². The number of allylic oxidation sites excluding steroid dienone is 1. The number of nitrogens with one attached hydrogen (secondary N) is 2. The molecule has 2 fully saturated rings. The minimum atomic E-state index is -4.75. The van der Waals surface area contributed by atoms with E-state index in [4.69, 9.17) is 4.74 Å². The Kier molecular flexibility index (Phi) is 8.21. The van der Waals surface area contributed by atoms with Crippen LogP contribution in [0.1, 0.15) is 5.56 Å². The molecule has 0 unspecified atom stereocenters. The molecular weight excluding hydrogens is 538 g/mol. The molecule has 2 aromatic carbocycles. The van der Waals surface area contributed by atoms with E-state index in [0.717, 1.165) is 30.9 Å². The lowest BCUT2D eigenvalue weighted by molar-refractivity contribution is -0.115. The van der Waals surface area contributed by atoms with Gasteiger partial charge in [0.15, 0.2) is 0 Å². The van der Waals surface area contributed by atoms with Crippen LogP contribution in [0.2, 0.25) is 0 Å². The number of amides is 1. The van der Waals surface area contributed by atoms with E-state index >= 15 is 4.39 Å². The monoisotopic (exact) mass is 571 g/mol. The van der Waals surface area contributed by atoms with Crippen LogP contribution in [0.15, 0.2) is 72.1 Å². The minimum absolute atomic E-state index is 0.0276. The zero-order valence-corrected chi connectivity index (χ0v) is 23.0. The molecule has 0 atom stereocenters. The predicted molar refractivity (Wildman–Crippen MR) is 151 cm³/mol. The number of carbonyl (C=O) groups is 1. The Labute approximate surface area is 236 Å². The van der Waals surface area contributed by atoms with Crippen LogP contribution < -0.4 is 15.5 Å². The third-order valence-electron chi connectivity index (χ3n) is 7.67. The maximum absolute atomic E-state index is 15.1. The van der Waals surface area contributed by atoms with Gasteiger partial charge >= 0.3 is 6.18 Å². The van der Waals surface area contributed by atoms with Gasteiger partial charge in [-0.2, -0.15) is 13.2 Å². The molecule has 0 radical (unpaired) electrons. The molecule has 0 aromatic heterocycles. The number of carbonyl (C=O) groups excluding carboxylic acids is 1. The van der Waals surface area contributed by atoms with Gasteiger partial charge in [0.1, 0.15) is 5.82 Å². The Morgan fingerprint density at radius 1 is 1.15 bits per heavy atom. The number of hydrogen-bond donors (Lipinski definition) is 2. The van der Waals surface area contributed by atoms with Crippen molar-refractivity contribution < 1.29 is 27.1 Å². The Bertz CT molecular complexity index is 1390. The fraction of sp³-hybridized carbons (Fsp3) is 0.367. The van der Waals surface area contributed by atoms with Gasteiger partial charge in [-0.1, -0.05) is 18.7 Å². The summed E-state index contributed by atoms with van der Waals surface area (Å²) in [4.78, 5) is 19.7. The topological polar surface area (TPSA) is 60.1 Å². The van der Waals surface area contributed by atoms with E-state index in [0.29, 0.717) is 61.4 Å². The van der Waals surface area contributed by atoms with Crippen LogP contribution in [0.25, 0.3) is 11.1 Å². The molecule has 41 heavy (non-hydrogen) atoms. The fourth-order valence-corrected chi connectivity index (χ4v) is 5.06. The van der Waals surface area contributed by atoms with E-state index in [2.05, 4.69) is 31.9 Å². The molecule has 7 nitrogen and oxygen atoms in total. The van der Waals surface area contributed by atoms with E-state index in [1.807, 2.05) is 14.1 Å². The van der Waals surface area contributed by atoms with E-state index < -0.39 is 29.0 Å². The van der Waals surface area contributed by atoms with Gasteiger partial charge in [0.25, 0.3) is 5.91 Å². The molecule has 2 aromatic rings. The molecule has 0 saturated carbocycles. The van der Waals surface area contributed by atoms with E-state index in [1.165, 1.54) is 6.07 Å². The summed E-state index contributed by atoms with van der Waals surface area (Å²) in [6.45, 7) is 8.32. The summed E-state index contributed by atoms with van der Waals surface area (Å²) in [7, 11) is 4.00. The van der Waals surface area contributed by atoms with E-state index in [9.17, 15) is 18.0 Å². The number of rotatable bonds is 7. The maximum Gasteiger partial charge on any atom is 0.417 e. The fourth-order valence-electron chi connectivity index (χ4n) is 5.06. The van der Waals surface area contributed by atoms with Crippen LogP contribution in [0.3, 0.4) is 0 Å². The lowest BCUT2D eigenvalue weighted by Gasteiger charge is -2.35. The van der Waals surface area contributed by atoms with Crippen molar-refractivity contribution in [2.75, 3.05) is 63.7 Å². The van der Waals surface area contributed by atoms with Crippen LogP contribution >= 0.6 is 0 Å². The normalized spacial score (nSPS) is 18.5. The van der Waals surface area contributed by atoms with Crippen LogP contribution in [-0.2, 0) is 16.1 Å². The van der Waals surface area contributed by atoms with Gasteiger partial charge in [-0.3, -0.25) is 9.69 Å². The number of halogens is 4. The quantitative estimate of drug-likeness (QED) is 0.478. The number of benzene rings is 2. The molecule has 5 rings (SSSR count). The number of dihydropyridines is 1. The van der Waals surface area contributed by atoms with Crippen molar-refractivity contribution in [3.05, 3.63) is 83.5 Å². The Morgan fingerprint density at radius 2 is 1.88 bits per heavy atom. The molecule has 2 saturated heterocycles. The van der Waals surface area contributed by atoms with Crippen LogP contribution in [0.4, 0.5) is 28.9 Å². The Balaban J connectivity index is 1.48. The molecule has 3 aliphatic heterocycles. The highest BCUT2D eigenvalue weighted by molar-refractivity contribution is 6.09. The van der Waals surface area contributed by atoms with Crippen LogP contribution in [0.5, 0.6) is 0 Å². The van der Waals surface area contributed by atoms with Crippen molar-refractivity contribution in [3.8, 4) is 11.1 Å². The third-order valence-corrected chi connectivity index (χ3v) is 7.67. The second kappa shape index (κ2) is 11.7. The summed E-state index contributed by atoms with van der Waals surface area (Å²) in [6, 6.07) is 10.4. The highest BCUT2D eigenvalue weighted by Gasteiger charge is 2.40. The van der Waals surface area contributed by atoms with Crippen LogP contribution in [-0.4, -0.2) is 81.4 Å². The molecular formula is C30H33F4N5O2. The lowest BCUT2D eigenvalue weighted by Crippen LogP contribution is -2.46. The summed E-state index contributed by atoms with van der Waals surface area (Å²) in [5, 5.41) is 5.29. The van der Waals surface area contributed by atoms with Crippen molar-refractivity contribution in [1.82, 2.24) is 15.1 Å². The number of ether oxygens (including phenoxy) is 1. The van der Waals surface area contributed by atoms with Gasteiger partial charge < -0.3 is 25.2 Å². The van der Waals surface area contributed by atoms with Gasteiger partial charge in [0.2, 0.25) is 0 Å². The molecule has 2 N–H and O–H groups in total. The summed E-state index contributed by atoms with van der Waals surface area (Å²) < 4.78 is 61.8. The number of likely N-dealkylation sites (N-methyl/N-ethyl adjacent to an activating group) is 2. The van der Waals surface area contributed by atoms with Gasteiger partial charge in [0, 0.05) is 50.2 Å². The molecule has 1 amide bonds. The number of hydrogen-bond acceptors (Lipinski definition) is 6. The van der Waals surface area contributed by atoms with Gasteiger partial charge in [-0.15, -0.1) is 0 Å². The van der Waals surface area contributed by atoms with Crippen LogP contribution in [0, 0.1) is 5.82 Å². The Morgan fingerprint density at radius 3 is 2.54 bits per heavy atom. The second-order valence-corrected chi connectivity index (χ2v) is 10.7. The molecule has 0 aliphatic carbocycles. The van der Waals surface area contributed by atoms with E-state index in [-0.39, 0.29) is 5.70 Å². The SMILES string of the molecule is C=C1C=C(C(F)(F)F)C(C(=O)Nc2cc(-c3cc(CN(C)C4COC4)ccc3F)ccc2N2CCN(C)CC2)=CN1. The van der Waals surface area contributed by atoms with Gasteiger partial charge in [-0.05, 0) is 55.6 Å². The average molecular weight is 572 g/mol. The minimum Gasteiger partial charge on any atom is -0.378 e. The first-order valence-corrected chi connectivity index (χ1v) is 13.4. The van der Waals surface area contributed by atoms with Gasteiger partial charge in [-0.25, -0.2) is 4.39 Å². The number of nitrogens with zero attached hydrogens (tertiary/aromatic N) is 3. The zero-order chi connectivity index (χ0) is 29.3. The zero-order valence-electron chi connectivity index (χ0n) is 23.0. The highest BCUT2D eigenvalue weighted by Crippen LogP contribution is 2.37.